The minimum Gasteiger partial charge on any atom is -0.484 e. The lowest BCUT2D eigenvalue weighted by Gasteiger charge is -2.31. The zero-order valence-electron chi connectivity index (χ0n) is 14.9. The topological polar surface area (TPSA) is 67.9 Å². The molecule has 6 heteroatoms. The molecule has 0 unspecified atom stereocenters. The second-order valence-corrected chi connectivity index (χ2v) is 6.23. The lowest BCUT2D eigenvalue weighted by atomic mass is 10.1. The van der Waals surface area contributed by atoms with Crippen LogP contribution in [-0.2, 0) is 9.53 Å². The standard InChI is InChI=1S/C19H26N2O4/c1-4-11-24-19(23)21-9-7-16(8-10-21)20-18(22)13-25-17-6-5-14(2)15(3)12-17/h4-6,12,16H,1,7-11,13H2,2-3H3,(H,20,22). The van der Waals surface area contributed by atoms with Gasteiger partial charge in [-0.1, -0.05) is 18.7 Å². The summed E-state index contributed by atoms with van der Waals surface area (Å²) in [6.45, 7) is 8.90. The molecule has 0 aromatic heterocycles. The van der Waals surface area contributed by atoms with Crippen molar-refractivity contribution in [3.63, 3.8) is 0 Å². The number of carbonyl (C=O) groups excluding carboxylic acids is 2. The maximum atomic E-state index is 12.0. The first-order valence-corrected chi connectivity index (χ1v) is 8.51. The van der Waals surface area contributed by atoms with E-state index >= 15 is 0 Å². The Kier molecular flexibility index (Phi) is 6.86. The predicted octanol–water partition coefficient (Wildman–Crippen LogP) is 2.59. The number of likely N-dealkylation sites (tertiary alicyclic amines) is 1. The summed E-state index contributed by atoms with van der Waals surface area (Å²) in [6.07, 6.45) is 2.63. The molecule has 1 saturated heterocycles. The quantitative estimate of drug-likeness (QED) is 0.804. The van der Waals surface area contributed by atoms with Gasteiger partial charge in [-0.25, -0.2) is 4.79 Å². The highest BCUT2D eigenvalue weighted by Gasteiger charge is 2.24. The molecule has 0 aliphatic carbocycles. The fourth-order valence-electron chi connectivity index (χ4n) is 2.65. The van der Waals surface area contributed by atoms with Crippen molar-refractivity contribution in [2.24, 2.45) is 0 Å². The first kappa shape index (κ1) is 18.8. The second-order valence-electron chi connectivity index (χ2n) is 6.23. The van der Waals surface area contributed by atoms with E-state index in [1.54, 1.807) is 11.0 Å². The average molecular weight is 346 g/mol. The molecule has 0 saturated carbocycles. The summed E-state index contributed by atoms with van der Waals surface area (Å²) in [5.41, 5.74) is 2.32. The molecule has 1 aromatic carbocycles. The smallest absolute Gasteiger partial charge is 0.410 e. The third-order valence-corrected chi connectivity index (χ3v) is 4.29. The van der Waals surface area contributed by atoms with Crippen LogP contribution in [0.25, 0.3) is 0 Å². The number of piperidine rings is 1. The number of nitrogens with one attached hydrogen (secondary N) is 1. The molecule has 6 nitrogen and oxygen atoms in total. The fraction of sp³-hybridized carbons (Fsp3) is 0.474. The number of hydrogen-bond donors (Lipinski definition) is 1. The van der Waals surface area contributed by atoms with Crippen LogP contribution in [0.5, 0.6) is 5.75 Å². The minimum absolute atomic E-state index is 0.00983. The Bertz CT molecular complexity index is 622. The van der Waals surface area contributed by atoms with Gasteiger partial charge in [0.25, 0.3) is 5.91 Å². The molecule has 0 radical (unpaired) electrons. The molecular weight excluding hydrogens is 320 g/mol. The van der Waals surface area contributed by atoms with Crippen molar-refractivity contribution in [3.8, 4) is 5.75 Å². The molecule has 1 aromatic rings. The van der Waals surface area contributed by atoms with E-state index in [9.17, 15) is 9.59 Å². The van der Waals surface area contributed by atoms with Crippen LogP contribution in [-0.4, -0.2) is 49.2 Å². The number of aryl methyl sites for hydroxylation is 2. The van der Waals surface area contributed by atoms with Crippen LogP contribution in [0.4, 0.5) is 4.79 Å². The zero-order chi connectivity index (χ0) is 18.2. The van der Waals surface area contributed by atoms with Crippen LogP contribution in [0.3, 0.4) is 0 Å². The Hall–Kier alpha value is -2.50. The number of amides is 2. The number of benzene rings is 1. The summed E-state index contributed by atoms with van der Waals surface area (Å²) in [7, 11) is 0. The van der Waals surface area contributed by atoms with Crippen LogP contribution in [0.1, 0.15) is 24.0 Å². The molecule has 2 amide bonds. The number of carbonyl (C=O) groups is 2. The minimum atomic E-state index is -0.331. The first-order chi connectivity index (χ1) is 12.0. The molecule has 25 heavy (non-hydrogen) atoms. The molecule has 0 bridgehead atoms. The van der Waals surface area contributed by atoms with E-state index in [-0.39, 0.29) is 31.3 Å². The van der Waals surface area contributed by atoms with Gasteiger partial charge in [0.05, 0.1) is 0 Å². The van der Waals surface area contributed by atoms with Gasteiger partial charge >= 0.3 is 6.09 Å². The van der Waals surface area contributed by atoms with Crippen molar-refractivity contribution in [1.82, 2.24) is 10.2 Å². The van der Waals surface area contributed by atoms with Gasteiger partial charge in [-0.3, -0.25) is 4.79 Å². The molecule has 1 aliphatic rings. The summed E-state index contributed by atoms with van der Waals surface area (Å²) < 4.78 is 10.6. The summed E-state index contributed by atoms with van der Waals surface area (Å²) in [5, 5.41) is 2.96. The summed E-state index contributed by atoms with van der Waals surface area (Å²) in [4.78, 5) is 25.4. The van der Waals surface area contributed by atoms with Crippen molar-refractivity contribution in [2.45, 2.75) is 32.7 Å². The van der Waals surface area contributed by atoms with E-state index in [2.05, 4.69) is 11.9 Å². The molecule has 1 heterocycles. The van der Waals surface area contributed by atoms with Crippen LogP contribution in [0.2, 0.25) is 0 Å². The Morgan fingerprint density at radius 1 is 1.28 bits per heavy atom. The summed E-state index contributed by atoms with van der Waals surface area (Å²) in [5.74, 6) is 0.545. The molecule has 2 rings (SSSR count). The predicted molar refractivity (Wildman–Crippen MR) is 95.7 cm³/mol. The van der Waals surface area contributed by atoms with Crippen molar-refractivity contribution in [3.05, 3.63) is 42.0 Å². The average Bonchev–Trinajstić information content (AvgIpc) is 2.61. The van der Waals surface area contributed by atoms with Gasteiger partial charge in [-0.15, -0.1) is 0 Å². The SMILES string of the molecule is C=CCOC(=O)N1CCC(NC(=O)COc2ccc(C)c(C)c2)CC1. The van der Waals surface area contributed by atoms with E-state index in [4.69, 9.17) is 9.47 Å². The Morgan fingerprint density at radius 2 is 2.00 bits per heavy atom. The van der Waals surface area contributed by atoms with Gasteiger partial charge in [0.2, 0.25) is 0 Å². The normalized spacial score (nSPS) is 14.7. The van der Waals surface area contributed by atoms with E-state index < -0.39 is 0 Å². The van der Waals surface area contributed by atoms with Crippen LogP contribution in [0.15, 0.2) is 30.9 Å². The Balaban J connectivity index is 1.70. The lowest BCUT2D eigenvalue weighted by Crippen LogP contribution is -2.47. The first-order valence-electron chi connectivity index (χ1n) is 8.51. The third-order valence-electron chi connectivity index (χ3n) is 4.29. The molecule has 1 N–H and O–H groups in total. The highest BCUT2D eigenvalue weighted by molar-refractivity contribution is 5.78. The fourth-order valence-corrected chi connectivity index (χ4v) is 2.65. The van der Waals surface area contributed by atoms with E-state index in [0.717, 1.165) is 5.56 Å². The second kappa shape index (κ2) is 9.11. The van der Waals surface area contributed by atoms with Crippen molar-refractivity contribution in [1.29, 1.82) is 0 Å². The van der Waals surface area contributed by atoms with Crippen LogP contribution < -0.4 is 10.1 Å². The Labute approximate surface area is 148 Å². The molecule has 1 aliphatic heterocycles. The number of rotatable bonds is 6. The number of ether oxygens (including phenoxy) is 2. The summed E-state index contributed by atoms with van der Waals surface area (Å²) >= 11 is 0. The molecule has 136 valence electrons. The van der Waals surface area contributed by atoms with E-state index in [1.807, 2.05) is 32.0 Å². The maximum Gasteiger partial charge on any atom is 0.410 e. The van der Waals surface area contributed by atoms with E-state index in [0.29, 0.717) is 31.7 Å². The molecule has 1 fully saturated rings. The third kappa shape index (κ3) is 5.81. The molecule has 0 spiro atoms. The maximum absolute atomic E-state index is 12.0. The van der Waals surface area contributed by atoms with Gasteiger partial charge in [0, 0.05) is 19.1 Å². The van der Waals surface area contributed by atoms with Gasteiger partial charge in [0.1, 0.15) is 12.4 Å². The summed E-state index contributed by atoms with van der Waals surface area (Å²) in [6, 6.07) is 5.82. The van der Waals surface area contributed by atoms with E-state index in [1.165, 1.54) is 5.56 Å². The highest BCUT2D eigenvalue weighted by atomic mass is 16.6. The monoisotopic (exact) mass is 346 g/mol. The largest absolute Gasteiger partial charge is 0.484 e. The highest BCUT2D eigenvalue weighted by Crippen LogP contribution is 2.16. The van der Waals surface area contributed by atoms with Crippen molar-refractivity contribution in [2.75, 3.05) is 26.3 Å². The van der Waals surface area contributed by atoms with Crippen molar-refractivity contribution >= 4 is 12.0 Å². The Morgan fingerprint density at radius 3 is 2.64 bits per heavy atom. The van der Waals surface area contributed by atoms with Crippen molar-refractivity contribution < 1.29 is 19.1 Å². The van der Waals surface area contributed by atoms with Gasteiger partial charge < -0.3 is 19.7 Å². The molecule has 0 atom stereocenters. The van der Waals surface area contributed by atoms with Crippen LogP contribution >= 0.6 is 0 Å². The van der Waals surface area contributed by atoms with Gasteiger partial charge in [-0.05, 0) is 49.9 Å². The lowest BCUT2D eigenvalue weighted by molar-refractivity contribution is -0.124. The van der Waals surface area contributed by atoms with Gasteiger partial charge in [-0.2, -0.15) is 0 Å². The number of nitrogens with zero attached hydrogens (tertiary/aromatic N) is 1. The van der Waals surface area contributed by atoms with Crippen LogP contribution in [0, 0.1) is 13.8 Å². The number of hydrogen-bond acceptors (Lipinski definition) is 4. The van der Waals surface area contributed by atoms with Gasteiger partial charge in [0.15, 0.2) is 6.61 Å². The zero-order valence-corrected chi connectivity index (χ0v) is 14.9. The molecular formula is C19H26N2O4.